The second-order valence-electron chi connectivity index (χ2n) is 4.09. The van der Waals surface area contributed by atoms with Crippen molar-refractivity contribution >= 4 is 17.7 Å². The fraction of sp³-hybridized carbons (Fsp3) is 0.250. The molecule has 1 heterocycles. The number of aliphatic hydroxyl groups is 1. The SMILES string of the molecule is NC(=O)C[C@H](O)CN1C(=O)c2ccccc2C1=O. The van der Waals surface area contributed by atoms with E-state index in [0.29, 0.717) is 11.1 Å². The maximum Gasteiger partial charge on any atom is 0.261 e. The number of carbonyl (C=O) groups excluding carboxylic acids is 3. The lowest BCUT2D eigenvalue weighted by atomic mass is 10.1. The van der Waals surface area contributed by atoms with Crippen molar-refractivity contribution in [1.82, 2.24) is 4.90 Å². The molecule has 0 fully saturated rings. The van der Waals surface area contributed by atoms with Crippen molar-refractivity contribution in [3.05, 3.63) is 35.4 Å². The largest absolute Gasteiger partial charge is 0.391 e. The van der Waals surface area contributed by atoms with Gasteiger partial charge in [0.25, 0.3) is 11.8 Å². The van der Waals surface area contributed by atoms with Crippen LogP contribution >= 0.6 is 0 Å². The lowest BCUT2D eigenvalue weighted by molar-refractivity contribution is -0.120. The number of amides is 3. The number of nitrogens with zero attached hydrogens (tertiary/aromatic N) is 1. The molecule has 0 radical (unpaired) electrons. The van der Waals surface area contributed by atoms with Crippen molar-refractivity contribution in [1.29, 1.82) is 0 Å². The van der Waals surface area contributed by atoms with Crippen LogP contribution in [0.4, 0.5) is 0 Å². The number of β-amino-alcohol motifs (C(OH)–C–C–N with tert-alkyl or cyclic N) is 1. The summed E-state index contributed by atoms with van der Waals surface area (Å²) in [4.78, 5) is 35.4. The Morgan fingerprint density at radius 1 is 1.22 bits per heavy atom. The predicted octanol–water partition coefficient (Wildman–Crippen LogP) is -0.481. The molecule has 0 spiro atoms. The molecule has 1 atom stereocenters. The number of primary amides is 1. The van der Waals surface area contributed by atoms with Crippen molar-refractivity contribution in [2.75, 3.05) is 6.54 Å². The van der Waals surface area contributed by atoms with E-state index >= 15 is 0 Å². The Labute approximate surface area is 103 Å². The number of hydrogen-bond acceptors (Lipinski definition) is 4. The number of rotatable bonds is 4. The van der Waals surface area contributed by atoms with Gasteiger partial charge in [-0.05, 0) is 12.1 Å². The number of fused-ring (bicyclic) bond motifs is 1. The Hall–Kier alpha value is -2.21. The molecule has 6 heteroatoms. The summed E-state index contributed by atoms with van der Waals surface area (Å²) in [7, 11) is 0. The van der Waals surface area contributed by atoms with Crippen LogP contribution in [0.3, 0.4) is 0 Å². The summed E-state index contributed by atoms with van der Waals surface area (Å²) in [5.74, 6) is -1.60. The highest BCUT2D eigenvalue weighted by atomic mass is 16.3. The standard InChI is InChI=1S/C12H12N2O4/c13-10(16)5-7(15)6-14-11(17)8-3-1-2-4-9(8)12(14)18/h1-4,7,15H,5-6H2,(H2,13,16)/t7-/m0/s1. The summed E-state index contributed by atoms with van der Waals surface area (Å²) < 4.78 is 0. The highest BCUT2D eigenvalue weighted by Gasteiger charge is 2.36. The van der Waals surface area contributed by atoms with Gasteiger partial charge in [-0.1, -0.05) is 12.1 Å². The average molecular weight is 248 g/mol. The molecular formula is C12H12N2O4. The van der Waals surface area contributed by atoms with Gasteiger partial charge in [0, 0.05) is 0 Å². The van der Waals surface area contributed by atoms with Crippen LogP contribution in [0.15, 0.2) is 24.3 Å². The minimum Gasteiger partial charge on any atom is -0.391 e. The van der Waals surface area contributed by atoms with Crippen molar-refractivity contribution in [2.24, 2.45) is 5.73 Å². The summed E-state index contributed by atoms with van der Waals surface area (Å²) in [5.41, 5.74) is 5.56. The normalized spacial score (nSPS) is 15.7. The zero-order valence-corrected chi connectivity index (χ0v) is 9.50. The fourth-order valence-electron chi connectivity index (χ4n) is 1.91. The van der Waals surface area contributed by atoms with Gasteiger partial charge in [-0.2, -0.15) is 0 Å². The van der Waals surface area contributed by atoms with Gasteiger partial charge in [-0.15, -0.1) is 0 Å². The van der Waals surface area contributed by atoms with E-state index in [0.717, 1.165) is 4.90 Å². The van der Waals surface area contributed by atoms with Gasteiger partial charge in [0.05, 0.1) is 30.2 Å². The zero-order chi connectivity index (χ0) is 13.3. The van der Waals surface area contributed by atoms with Crippen LogP contribution in [0.5, 0.6) is 0 Å². The minimum atomic E-state index is -1.13. The van der Waals surface area contributed by atoms with Crippen molar-refractivity contribution < 1.29 is 19.5 Å². The van der Waals surface area contributed by atoms with Crippen LogP contribution in [0.1, 0.15) is 27.1 Å². The maximum absolute atomic E-state index is 11.9. The summed E-state index contributed by atoms with van der Waals surface area (Å²) in [6, 6.07) is 6.42. The molecule has 0 saturated carbocycles. The maximum atomic E-state index is 11.9. The molecule has 0 saturated heterocycles. The average Bonchev–Trinajstić information content (AvgIpc) is 2.54. The van der Waals surface area contributed by atoms with Gasteiger partial charge >= 0.3 is 0 Å². The molecule has 2 rings (SSSR count). The Balaban J connectivity index is 2.16. The number of benzene rings is 1. The van der Waals surface area contributed by atoms with Crippen LogP contribution in [0.25, 0.3) is 0 Å². The molecule has 6 nitrogen and oxygen atoms in total. The molecule has 1 aliphatic rings. The molecule has 0 aromatic heterocycles. The molecule has 1 aliphatic heterocycles. The molecule has 18 heavy (non-hydrogen) atoms. The molecule has 0 bridgehead atoms. The van der Waals surface area contributed by atoms with Gasteiger partial charge in [0.1, 0.15) is 0 Å². The quantitative estimate of drug-likeness (QED) is 0.702. The first kappa shape index (κ1) is 12.3. The Morgan fingerprint density at radius 3 is 2.17 bits per heavy atom. The highest BCUT2D eigenvalue weighted by molar-refractivity contribution is 6.21. The van der Waals surface area contributed by atoms with E-state index in [1.54, 1.807) is 24.3 Å². The van der Waals surface area contributed by atoms with E-state index in [4.69, 9.17) is 5.73 Å². The minimum absolute atomic E-state index is 0.227. The molecule has 94 valence electrons. The van der Waals surface area contributed by atoms with E-state index in [9.17, 15) is 19.5 Å². The number of hydrogen-bond donors (Lipinski definition) is 2. The van der Waals surface area contributed by atoms with Gasteiger partial charge in [-0.25, -0.2) is 0 Å². The second-order valence-corrected chi connectivity index (χ2v) is 4.09. The highest BCUT2D eigenvalue weighted by Crippen LogP contribution is 2.22. The first-order valence-corrected chi connectivity index (χ1v) is 5.42. The summed E-state index contributed by atoms with van der Waals surface area (Å²) in [6.07, 6.45) is -1.42. The monoisotopic (exact) mass is 248 g/mol. The van der Waals surface area contributed by atoms with Crippen LogP contribution < -0.4 is 5.73 Å². The first-order chi connectivity index (χ1) is 8.50. The number of nitrogens with two attached hydrogens (primary N) is 1. The van der Waals surface area contributed by atoms with E-state index in [1.165, 1.54) is 0 Å². The van der Waals surface area contributed by atoms with E-state index < -0.39 is 23.8 Å². The van der Waals surface area contributed by atoms with Gasteiger partial charge in [0.15, 0.2) is 0 Å². The lowest BCUT2D eigenvalue weighted by Gasteiger charge is -2.17. The smallest absolute Gasteiger partial charge is 0.261 e. The fourth-order valence-corrected chi connectivity index (χ4v) is 1.91. The van der Waals surface area contributed by atoms with Crippen LogP contribution in [-0.4, -0.2) is 40.4 Å². The molecular weight excluding hydrogens is 236 g/mol. The molecule has 0 unspecified atom stereocenters. The van der Waals surface area contributed by atoms with E-state index in [2.05, 4.69) is 0 Å². The van der Waals surface area contributed by atoms with Crippen LogP contribution in [0, 0.1) is 0 Å². The first-order valence-electron chi connectivity index (χ1n) is 5.42. The Bertz CT molecular complexity index is 492. The van der Waals surface area contributed by atoms with Crippen molar-refractivity contribution in [3.8, 4) is 0 Å². The molecule has 3 amide bonds. The number of carbonyl (C=O) groups is 3. The summed E-state index contributed by atoms with van der Waals surface area (Å²) in [6.45, 7) is -0.227. The Morgan fingerprint density at radius 2 is 1.72 bits per heavy atom. The molecule has 1 aromatic carbocycles. The summed E-state index contributed by atoms with van der Waals surface area (Å²) in [5, 5.41) is 9.55. The third-order valence-corrected chi connectivity index (χ3v) is 2.71. The third kappa shape index (κ3) is 2.10. The van der Waals surface area contributed by atoms with Gasteiger partial charge < -0.3 is 10.8 Å². The van der Waals surface area contributed by atoms with Crippen LogP contribution in [-0.2, 0) is 4.79 Å². The van der Waals surface area contributed by atoms with E-state index in [-0.39, 0.29) is 13.0 Å². The lowest BCUT2D eigenvalue weighted by Crippen LogP contribution is -2.38. The van der Waals surface area contributed by atoms with E-state index in [1.807, 2.05) is 0 Å². The molecule has 0 aliphatic carbocycles. The molecule has 3 N–H and O–H groups in total. The third-order valence-electron chi connectivity index (χ3n) is 2.71. The van der Waals surface area contributed by atoms with Gasteiger partial charge in [0.2, 0.25) is 5.91 Å². The Kier molecular flexibility index (Phi) is 3.12. The summed E-state index contributed by atoms with van der Waals surface area (Å²) >= 11 is 0. The number of aliphatic hydroxyl groups excluding tert-OH is 1. The number of imide groups is 1. The van der Waals surface area contributed by atoms with Crippen LogP contribution in [0.2, 0.25) is 0 Å². The van der Waals surface area contributed by atoms with Crippen molar-refractivity contribution in [3.63, 3.8) is 0 Å². The molecule has 1 aromatic rings. The zero-order valence-electron chi connectivity index (χ0n) is 9.50. The second kappa shape index (κ2) is 4.58. The van der Waals surface area contributed by atoms with Gasteiger partial charge in [-0.3, -0.25) is 19.3 Å². The van der Waals surface area contributed by atoms with Crippen molar-refractivity contribution in [2.45, 2.75) is 12.5 Å². The topological polar surface area (TPSA) is 101 Å². The predicted molar refractivity (Wildman–Crippen MR) is 61.6 cm³/mol.